The highest BCUT2D eigenvalue weighted by Gasteiger charge is 2.54. The van der Waals surface area contributed by atoms with Crippen LogP contribution in [0.5, 0.6) is 0 Å². The van der Waals surface area contributed by atoms with Crippen LogP contribution in [0.25, 0.3) is 27.8 Å². The third-order valence-electron chi connectivity index (χ3n) is 14.9. The summed E-state index contributed by atoms with van der Waals surface area (Å²) < 4.78 is 0. The number of rotatable bonds is 3. The first-order valence-electron chi connectivity index (χ1n) is 22.7. The van der Waals surface area contributed by atoms with Gasteiger partial charge in [0.2, 0.25) is 0 Å². The van der Waals surface area contributed by atoms with Crippen LogP contribution in [0.15, 0.2) is 236 Å². The fourth-order valence-corrected chi connectivity index (χ4v) is 12.6. The van der Waals surface area contributed by atoms with Gasteiger partial charge in [-0.05, 0) is 151 Å². The Balaban J connectivity index is 1.07. The highest BCUT2D eigenvalue weighted by atomic mass is 15.2. The lowest BCUT2D eigenvalue weighted by Crippen LogP contribution is -2.37. The minimum absolute atomic E-state index is 0.453. The maximum Gasteiger partial charge on any atom is 0.0754 e. The Kier molecular flexibility index (Phi) is 7.40. The van der Waals surface area contributed by atoms with Crippen LogP contribution in [0.4, 0.5) is 34.1 Å². The second-order valence-corrected chi connectivity index (χ2v) is 17.8. The minimum Gasteiger partial charge on any atom is -0.310 e. The molecule has 0 bridgehead atoms. The van der Waals surface area contributed by atoms with Crippen molar-refractivity contribution >= 4 is 39.7 Å². The van der Waals surface area contributed by atoms with Gasteiger partial charge in [-0.2, -0.15) is 0 Å². The van der Waals surface area contributed by atoms with E-state index >= 15 is 0 Å². The molecule has 0 fully saturated rings. The number of hydrogen-bond acceptors (Lipinski definition) is 2. The minimum atomic E-state index is -0.530. The molecule has 0 amide bonds. The van der Waals surface area contributed by atoms with E-state index < -0.39 is 10.8 Å². The van der Waals surface area contributed by atoms with Crippen molar-refractivity contribution in [3.05, 3.63) is 281 Å². The summed E-state index contributed by atoms with van der Waals surface area (Å²) in [6.45, 7) is 0. The smallest absolute Gasteiger partial charge is 0.0754 e. The van der Waals surface area contributed by atoms with Crippen molar-refractivity contribution in [3.63, 3.8) is 0 Å². The molecule has 0 radical (unpaired) electrons. The second kappa shape index (κ2) is 13.3. The molecule has 300 valence electrons. The maximum absolute atomic E-state index is 2.56. The zero-order chi connectivity index (χ0) is 42.0. The largest absolute Gasteiger partial charge is 0.310 e. The van der Waals surface area contributed by atoms with Crippen LogP contribution in [0.2, 0.25) is 0 Å². The molecule has 1 atom stereocenters. The van der Waals surface area contributed by atoms with Gasteiger partial charge in [0.25, 0.3) is 0 Å². The normalized spacial score (nSPS) is 17.6. The molecule has 2 aliphatic heterocycles. The summed E-state index contributed by atoms with van der Waals surface area (Å²) in [6, 6.07) is 82.2. The summed E-state index contributed by atoms with van der Waals surface area (Å²) in [5.41, 5.74) is 24.8. The van der Waals surface area contributed by atoms with Crippen molar-refractivity contribution in [2.75, 3.05) is 9.80 Å². The van der Waals surface area contributed by atoms with Gasteiger partial charge in [0.1, 0.15) is 0 Å². The SMILES string of the molecule is C1=CC2=C(CC1)C1(c3ccccc32)c2ccccc2N(c2ccccc2)c2ccc(-c3ccc4c(c3)C3(c5ccccc5-c5ccccc53)c3ccccc3N4c3ccccc3)cc21. The van der Waals surface area contributed by atoms with E-state index in [2.05, 4.69) is 240 Å². The Morgan fingerprint density at radius 1 is 0.328 bits per heavy atom. The monoisotopic (exact) mass is 814 g/mol. The van der Waals surface area contributed by atoms with Crippen molar-refractivity contribution in [1.29, 1.82) is 0 Å². The van der Waals surface area contributed by atoms with E-state index in [4.69, 9.17) is 0 Å². The molecule has 64 heavy (non-hydrogen) atoms. The number of para-hydroxylation sites is 4. The third kappa shape index (κ3) is 4.49. The first kappa shape index (κ1) is 35.6. The van der Waals surface area contributed by atoms with Crippen LogP contribution in [0, 0.1) is 0 Å². The van der Waals surface area contributed by atoms with Gasteiger partial charge in [0, 0.05) is 11.4 Å². The molecular formula is C62H42N2. The quantitative estimate of drug-likeness (QED) is 0.175. The molecule has 2 spiro atoms. The van der Waals surface area contributed by atoms with E-state index in [1.807, 2.05) is 0 Å². The molecule has 3 aliphatic carbocycles. The lowest BCUT2D eigenvalue weighted by Gasteiger charge is -2.46. The van der Waals surface area contributed by atoms with Gasteiger partial charge in [-0.1, -0.05) is 170 Å². The first-order chi connectivity index (χ1) is 31.8. The van der Waals surface area contributed by atoms with Crippen molar-refractivity contribution in [2.45, 2.75) is 23.7 Å². The summed E-state index contributed by atoms with van der Waals surface area (Å²) in [5, 5.41) is 0. The fraction of sp³-hybridized carbons (Fsp3) is 0.0645. The summed E-state index contributed by atoms with van der Waals surface area (Å²) in [4.78, 5) is 4.99. The molecule has 14 rings (SSSR count). The summed E-state index contributed by atoms with van der Waals surface area (Å²) in [6.07, 6.45) is 6.82. The number of fused-ring (bicyclic) bond motifs is 17. The molecule has 1 unspecified atom stereocenters. The zero-order valence-electron chi connectivity index (χ0n) is 35.2. The van der Waals surface area contributed by atoms with Gasteiger partial charge in [-0.25, -0.2) is 0 Å². The molecule has 9 aromatic rings. The Morgan fingerprint density at radius 2 is 0.734 bits per heavy atom. The number of hydrogen-bond donors (Lipinski definition) is 0. The average molecular weight is 815 g/mol. The maximum atomic E-state index is 2.56. The molecule has 9 aromatic carbocycles. The van der Waals surface area contributed by atoms with Crippen molar-refractivity contribution in [2.24, 2.45) is 0 Å². The first-order valence-corrected chi connectivity index (χ1v) is 22.7. The fourth-order valence-electron chi connectivity index (χ4n) is 12.6. The van der Waals surface area contributed by atoms with Gasteiger partial charge >= 0.3 is 0 Å². The predicted molar refractivity (Wildman–Crippen MR) is 264 cm³/mol. The highest BCUT2D eigenvalue weighted by molar-refractivity contribution is 6.00. The third-order valence-corrected chi connectivity index (χ3v) is 14.9. The molecule has 0 saturated carbocycles. The number of allylic oxidation sites excluding steroid dienone is 4. The summed E-state index contributed by atoms with van der Waals surface area (Å²) in [5.74, 6) is 0. The van der Waals surface area contributed by atoms with Crippen LogP contribution in [-0.2, 0) is 10.8 Å². The Bertz CT molecular complexity index is 3420. The van der Waals surface area contributed by atoms with Gasteiger partial charge in [0.15, 0.2) is 0 Å². The summed E-state index contributed by atoms with van der Waals surface area (Å²) >= 11 is 0. The van der Waals surface area contributed by atoms with E-state index in [0.717, 1.165) is 24.2 Å². The molecule has 0 N–H and O–H groups in total. The Labute approximate surface area is 374 Å². The molecule has 2 heterocycles. The highest BCUT2D eigenvalue weighted by Crippen LogP contribution is 2.66. The molecule has 0 aromatic heterocycles. The summed E-state index contributed by atoms with van der Waals surface area (Å²) in [7, 11) is 0. The van der Waals surface area contributed by atoms with Crippen molar-refractivity contribution in [3.8, 4) is 22.3 Å². The average Bonchev–Trinajstić information content (AvgIpc) is 3.83. The van der Waals surface area contributed by atoms with Gasteiger partial charge in [-0.3, -0.25) is 0 Å². The number of nitrogens with zero attached hydrogens (tertiary/aromatic N) is 2. The Morgan fingerprint density at radius 3 is 1.28 bits per heavy atom. The van der Waals surface area contributed by atoms with Crippen molar-refractivity contribution in [1.82, 2.24) is 0 Å². The van der Waals surface area contributed by atoms with Gasteiger partial charge in [0.05, 0.1) is 33.6 Å². The van der Waals surface area contributed by atoms with E-state index in [-0.39, 0.29) is 0 Å². The second-order valence-electron chi connectivity index (χ2n) is 17.8. The predicted octanol–water partition coefficient (Wildman–Crippen LogP) is 15.7. The van der Waals surface area contributed by atoms with Crippen LogP contribution in [0.1, 0.15) is 57.3 Å². The van der Waals surface area contributed by atoms with E-state index in [0.29, 0.717) is 0 Å². The van der Waals surface area contributed by atoms with E-state index in [9.17, 15) is 0 Å². The standard InChI is InChI=1S/C62H42N2/c1-3-19-43(20-4-1)63-57-33-17-15-31-53(57)61(49-27-11-7-23-45(49)46-24-8-12-28-50(46)61)55-39-41(35-37-59(55)63)42-36-38-60-56(40-42)62(51-29-13-9-25-47(51)48-26-10-14-30-52(48)62)54-32-16-18-34-58(54)64(60)44-21-5-2-6-22-44/h1-13,15-29,31-40H,14,30H2. The molecule has 5 aliphatic rings. The van der Waals surface area contributed by atoms with Gasteiger partial charge < -0.3 is 9.80 Å². The number of benzene rings is 9. The molecule has 0 saturated heterocycles. The molecular weight excluding hydrogens is 773 g/mol. The van der Waals surface area contributed by atoms with E-state index in [1.165, 1.54) is 101 Å². The van der Waals surface area contributed by atoms with Crippen LogP contribution in [0.3, 0.4) is 0 Å². The van der Waals surface area contributed by atoms with Crippen LogP contribution < -0.4 is 9.80 Å². The number of anilines is 6. The van der Waals surface area contributed by atoms with Gasteiger partial charge in [-0.15, -0.1) is 0 Å². The zero-order valence-corrected chi connectivity index (χ0v) is 35.2. The van der Waals surface area contributed by atoms with Crippen LogP contribution >= 0.6 is 0 Å². The Hall–Kier alpha value is -7.94. The molecule has 2 heteroatoms. The molecule has 2 nitrogen and oxygen atoms in total. The topological polar surface area (TPSA) is 6.48 Å². The van der Waals surface area contributed by atoms with E-state index in [1.54, 1.807) is 0 Å². The van der Waals surface area contributed by atoms with Crippen LogP contribution in [-0.4, -0.2) is 0 Å². The lowest BCUT2D eigenvalue weighted by atomic mass is 9.62. The van der Waals surface area contributed by atoms with Crippen molar-refractivity contribution < 1.29 is 0 Å². The lowest BCUT2D eigenvalue weighted by molar-refractivity contribution is 0.687.